The molecule has 0 saturated carbocycles. The molecule has 2 rings (SSSR count). The van der Waals surface area contributed by atoms with E-state index in [0.29, 0.717) is 5.56 Å². The Morgan fingerprint density at radius 3 is 2.52 bits per heavy atom. The van der Waals surface area contributed by atoms with Crippen molar-refractivity contribution in [2.75, 3.05) is 12.4 Å². The van der Waals surface area contributed by atoms with Gasteiger partial charge in [0.25, 0.3) is 0 Å². The van der Waals surface area contributed by atoms with Gasteiger partial charge in [0.05, 0.1) is 7.11 Å². The minimum absolute atomic E-state index is 0.379. The highest BCUT2D eigenvalue weighted by Crippen LogP contribution is 2.26. The second-order valence-electron chi connectivity index (χ2n) is 4.92. The molecule has 1 atom stereocenters. The van der Waals surface area contributed by atoms with Gasteiger partial charge in [0, 0.05) is 5.69 Å². The highest BCUT2D eigenvalue weighted by molar-refractivity contribution is 5.81. The van der Waals surface area contributed by atoms with Crippen LogP contribution in [-0.2, 0) is 9.53 Å². The number of methoxy groups -OCH3 is 1. The van der Waals surface area contributed by atoms with Gasteiger partial charge < -0.3 is 10.1 Å². The molecule has 21 heavy (non-hydrogen) atoms. The smallest absolute Gasteiger partial charge is 0.333 e. The number of carbonyl (C=O) groups is 1. The number of carbonyl (C=O) groups excluding carboxylic acids is 1. The summed E-state index contributed by atoms with van der Waals surface area (Å²) in [5, 5.41) is 3.14. The summed E-state index contributed by atoms with van der Waals surface area (Å²) in [4.78, 5) is 12.1. The number of benzene rings is 2. The van der Waals surface area contributed by atoms with Gasteiger partial charge >= 0.3 is 5.97 Å². The molecule has 1 unspecified atom stereocenters. The summed E-state index contributed by atoms with van der Waals surface area (Å²) in [6.45, 7) is 3.78. The van der Waals surface area contributed by atoms with Crippen molar-refractivity contribution < 1.29 is 13.9 Å². The fourth-order valence-corrected chi connectivity index (χ4v) is 2.19. The van der Waals surface area contributed by atoms with E-state index in [1.165, 1.54) is 19.2 Å². The number of rotatable bonds is 4. The quantitative estimate of drug-likeness (QED) is 0.870. The predicted molar refractivity (Wildman–Crippen MR) is 80.7 cm³/mol. The zero-order chi connectivity index (χ0) is 15.4. The molecule has 0 radical (unpaired) electrons. The molecule has 2 aromatic rings. The van der Waals surface area contributed by atoms with E-state index in [2.05, 4.69) is 5.32 Å². The van der Waals surface area contributed by atoms with Gasteiger partial charge in [-0.2, -0.15) is 0 Å². The Labute approximate surface area is 123 Å². The molecule has 0 bridgehead atoms. The summed E-state index contributed by atoms with van der Waals surface area (Å²) in [6.07, 6.45) is 0. The predicted octanol–water partition coefficient (Wildman–Crippen LogP) is 3.77. The summed E-state index contributed by atoms with van der Waals surface area (Å²) in [5.41, 5.74) is 3.22. The van der Waals surface area contributed by atoms with Crippen molar-refractivity contribution in [3.63, 3.8) is 0 Å². The Morgan fingerprint density at radius 1 is 1.14 bits per heavy atom. The van der Waals surface area contributed by atoms with E-state index in [1.807, 2.05) is 38.1 Å². The Hall–Kier alpha value is -2.36. The first-order chi connectivity index (χ1) is 10.0. The largest absolute Gasteiger partial charge is 0.467 e. The third kappa shape index (κ3) is 3.40. The molecule has 0 aromatic heterocycles. The molecule has 110 valence electrons. The van der Waals surface area contributed by atoms with Crippen molar-refractivity contribution in [3.05, 3.63) is 65.0 Å². The summed E-state index contributed by atoms with van der Waals surface area (Å²) < 4.78 is 18.4. The standard InChI is InChI=1S/C17H18FNO2/c1-11-8-9-13(18)10-14(11)16(17(20)21-3)19-15-7-5-4-6-12(15)2/h4-10,16,19H,1-3H3. The van der Waals surface area contributed by atoms with E-state index in [0.717, 1.165) is 16.8 Å². The first kappa shape index (κ1) is 15.0. The van der Waals surface area contributed by atoms with Crippen LogP contribution in [0.2, 0.25) is 0 Å². The van der Waals surface area contributed by atoms with E-state index >= 15 is 0 Å². The second-order valence-corrected chi connectivity index (χ2v) is 4.92. The maximum atomic E-state index is 13.5. The van der Waals surface area contributed by atoms with Gasteiger partial charge in [0.15, 0.2) is 6.04 Å². The molecule has 0 heterocycles. The Balaban J connectivity index is 2.42. The van der Waals surface area contributed by atoms with Gasteiger partial charge in [-0.15, -0.1) is 0 Å². The lowest BCUT2D eigenvalue weighted by Crippen LogP contribution is -2.23. The van der Waals surface area contributed by atoms with Crippen molar-refractivity contribution in [1.29, 1.82) is 0 Å². The highest BCUT2D eigenvalue weighted by atomic mass is 19.1. The number of para-hydroxylation sites is 1. The molecule has 0 fully saturated rings. The Bertz CT molecular complexity index is 655. The number of ether oxygens (including phenoxy) is 1. The van der Waals surface area contributed by atoms with Gasteiger partial charge in [-0.1, -0.05) is 24.3 Å². The van der Waals surface area contributed by atoms with Crippen LogP contribution in [0.4, 0.5) is 10.1 Å². The molecule has 0 aliphatic rings. The van der Waals surface area contributed by atoms with E-state index in [1.54, 1.807) is 6.07 Å². The van der Waals surface area contributed by atoms with Crippen LogP contribution in [0.5, 0.6) is 0 Å². The number of aryl methyl sites for hydroxylation is 2. The topological polar surface area (TPSA) is 38.3 Å². The van der Waals surface area contributed by atoms with Gasteiger partial charge in [0.1, 0.15) is 5.82 Å². The Kier molecular flexibility index (Phi) is 4.58. The molecule has 2 aromatic carbocycles. The normalized spacial score (nSPS) is 11.8. The zero-order valence-corrected chi connectivity index (χ0v) is 12.3. The maximum absolute atomic E-state index is 13.5. The summed E-state index contributed by atoms with van der Waals surface area (Å²) in [5.74, 6) is -0.831. The van der Waals surface area contributed by atoms with Gasteiger partial charge in [-0.05, 0) is 48.7 Å². The van der Waals surface area contributed by atoms with E-state index in [9.17, 15) is 9.18 Å². The van der Waals surface area contributed by atoms with Crippen LogP contribution in [-0.4, -0.2) is 13.1 Å². The van der Waals surface area contributed by atoms with Gasteiger partial charge in [0.2, 0.25) is 0 Å². The lowest BCUT2D eigenvalue weighted by molar-refractivity contribution is -0.141. The number of hydrogen-bond acceptors (Lipinski definition) is 3. The number of anilines is 1. The first-order valence-corrected chi connectivity index (χ1v) is 6.69. The molecule has 0 saturated heterocycles. The van der Waals surface area contributed by atoms with Gasteiger partial charge in [-0.3, -0.25) is 0 Å². The molecular formula is C17H18FNO2. The average molecular weight is 287 g/mol. The van der Waals surface area contributed by atoms with E-state index in [-0.39, 0.29) is 5.82 Å². The molecule has 0 amide bonds. The maximum Gasteiger partial charge on any atom is 0.333 e. The average Bonchev–Trinajstić information content (AvgIpc) is 2.48. The van der Waals surface area contributed by atoms with Crippen molar-refractivity contribution in [1.82, 2.24) is 0 Å². The van der Waals surface area contributed by atoms with Crippen molar-refractivity contribution in [3.8, 4) is 0 Å². The Morgan fingerprint density at radius 2 is 1.86 bits per heavy atom. The number of hydrogen-bond donors (Lipinski definition) is 1. The minimum Gasteiger partial charge on any atom is -0.467 e. The third-order valence-electron chi connectivity index (χ3n) is 3.43. The second kappa shape index (κ2) is 6.39. The molecule has 0 aliphatic heterocycles. The SMILES string of the molecule is COC(=O)C(Nc1ccccc1C)c1cc(F)ccc1C. The zero-order valence-electron chi connectivity index (χ0n) is 12.3. The van der Waals surface area contributed by atoms with Crippen LogP contribution in [0.3, 0.4) is 0 Å². The molecule has 4 heteroatoms. The van der Waals surface area contributed by atoms with Crippen LogP contribution < -0.4 is 5.32 Å². The van der Waals surface area contributed by atoms with Crippen LogP contribution >= 0.6 is 0 Å². The molecular weight excluding hydrogens is 269 g/mol. The number of nitrogens with one attached hydrogen (secondary N) is 1. The summed E-state index contributed by atoms with van der Waals surface area (Å²) in [7, 11) is 1.32. The lowest BCUT2D eigenvalue weighted by atomic mass is 10.00. The van der Waals surface area contributed by atoms with Crippen LogP contribution in [0.1, 0.15) is 22.7 Å². The third-order valence-corrected chi connectivity index (χ3v) is 3.43. The molecule has 3 nitrogen and oxygen atoms in total. The fraction of sp³-hybridized carbons (Fsp3) is 0.235. The van der Waals surface area contributed by atoms with Gasteiger partial charge in [-0.25, -0.2) is 9.18 Å². The monoisotopic (exact) mass is 287 g/mol. The summed E-state index contributed by atoms with van der Waals surface area (Å²) >= 11 is 0. The van der Waals surface area contributed by atoms with Crippen molar-refractivity contribution in [2.24, 2.45) is 0 Å². The summed E-state index contributed by atoms with van der Waals surface area (Å²) in [6, 6.07) is 11.3. The fourth-order valence-electron chi connectivity index (χ4n) is 2.19. The molecule has 0 aliphatic carbocycles. The van der Waals surface area contributed by atoms with Crippen LogP contribution in [0, 0.1) is 19.7 Å². The highest BCUT2D eigenvalue weighted by Gasteiger charge is 2.24. The number of esters is 1. The van der Waals surface area contributed by atoms with E-state index < -0.39 is 12.0 Å². The minimum atomic E-state index is -0.744. The number of halogens is 1. The van der Waals surface area contributed by atoms with E-state index in [4.69, 9.17) is 4.74 Å². The van der Waals surface area contributed by atoms with Crippen LogP contribution in [0.25, 0.3) is 0 Å². The molecule has 0 spiro atoms. The lowest BCUT2D eigenvalue weighted by Gasteiger charge is -2.21. The molecule has 1 N–H and O–H groups in total. The van der Waals surface area contributed by atoms with Crippen molar-refractivity contribution >= 4 is 11.7 Å². The van der Waals surface area contributed by atoms with Crippen molar-refractivity contribution in [2.45, 2.75) is 19.9 Å². The van der Waals surface area contributed by atoms with Crippen LogP contribution in [0.15, 0.2) is 42.5 Å². The first-order valence-electron chi connectivity index (χ1n) is 6.69.